The van der Waals surface area contributed by atoms with Gasteiger partial charge in [-0.15, -0.1) is 0 Å². The molecule has 0 amide bonds. The van der Waals surface area contributed by atoms with Gasteiger partial charge in [-0.25, -0.2) is 9.59 Å². The summed E-state index contributed by atoms with van der Waals surface area (Å²) in [5.74, 6) is -3.17. The third-order valence-electron chi connectivity index (χ3n) is 4.36. The van der Waals surface area contributed by atoms with E-state index < -0.39 is 17.9 Å². The van der Waals surface area contributed by atoms with E-state index in [1.807, 2.05) is 0 Å². The van der Waals surface area contributed by atoms with Crippen LogP contribution in [0.3, 0.4) is 0 Å². The molecule has 0 rings (SSSR count). The summed E-state index contributed by atoms with van der Waals surface area (Å²) >= 11 is 0. The maximum atomic E-state index is 10.3. The molecule has 0 unspecified atom stereocenters. The second kappa shape index (κ2) is 27.1. The van der Waals surface area contributed by atoms with Crippen molar-refractivity contribution in [3.8, 4) is 0 Å². The van der Waals surface area contributed by atoms with Crippen molar-refractivity contribution in [1.82, 2.24) is 0 Å². The van der Waals surface area contributed by atoms with Crippen LogP contribution in [0.2, 0.25) is 0 Å². The van der Waals surface area contributed by atoms with Gasteiger partial charge < -0.3 is 15.3 Å². The average Bonchev–Trinajstić information content (AvgIpc) is 2.63. The fourth-order valence-corrected chi connectivity index (χ4v) is 2.79. The van der Waals surface area contributed by atoms with E-state index in [-0.39, 0.29) is 29.6 Å². The van der Waals surface area contributed by atoms with Crippen LogP contribution in [0.5, 0.6) is 0 Å². The fraction of sp³-hybridized carbons (Fsp3) is 0.773. The first-order chi connectivity index (χ1) is 13.4. The number of hydrogen-bond acceptors (Lipinski definition) is 3. The SMILES string of the molecule is CCCCCCCCCCCCCCCCCC(=O)O.O=C(O)C=CC(=O)O.[NaH]. The number of carboxylic acid groups (broad SMARTS) is 3. The summed E-state index contributed by atoms with van der Waals surface area (Å²) in [4.78, 5) is 29.4. The molecule has 0 aliphatic rings. The van der Waals surface area contributed by atoms with Gasteiger partial charge in [0.15, 0.2) is 0 Å². The molecule has 0 aromatic carbocycles. The summed E-state index contributed by atoms with van der Waals surface area (Å²) in [6.07, 6.45) is 21.3. The van der Waals surface area contributed by atoms with Gasteiger partial charge in [-0.3, -0.25) is 4.79 Å². The molecule has 0 bridgehead atoms. The molecule has 0 fully saturated rings. The predicted octanol–water partition coefficient (Wildman–Crippen LogP) is 5.40. The summed E-state index contributed by atoms with van der Waals surface area (Å²) in [5.41, 5.74) is 0. The molecule has 7 heteroatoms. The van der Waals surface area contributed by atoms with Crippen LogP contribution in [0, 0.1) is 0 Å². The zero-order valence-electron chi connectivity index (χ0n) is 17.5. The Morgan fingerprint density at radius 3 is 1.07 bits per heavy atom. The quantitative estimate of drug-likeness (QED) is 0.154. The van der Waals surface area contributed by atoms with Crippen LogP contribution in [-0.2, 0) is 14.4 Å². The van der Waals surface area contributed by atoms with Crippen molar-refractivity contribution < 1.29 is 29.7 Å². The second-order valence-corrected chi connectivity index (χ2v) is 7.10. The van der Waals surface area contributed by atoms with Crippen molar-refractivity contribution in [3.63, 3.8) is 0 Å². The van der Waals surface area contributed by atoms with Crippen LogP contribution in [0.4, 0.5) is 0 Å². The molecule has 0 spiro atoms. The Hall–Kier alpha value is -0.850. The van der Waals surface area contributed by atoms with E-state index in [1.165, 1.54) is 83.5 Å². The first-order valence-electron chi connectivity index (χ1n) is 10.8. The van der Waals surface area contributed by atoms with E-state index in [0.29, 0.717) is 18.6 Å². The topological polar surface area (TPSA) is 112 Å². The standard InChI is InChI=1S/C18H36O2.C4H4O4.Na.H/c1-2-3-4-5-6-7-8-9-10-11-12-13-14-15-16-17-18(19)20;5-3(6)1-2-4(7)8;;/h2-17H2,1H3,(H,19,20);1-2H,(H,5,6)(H,7,8);;. The molecule has 0 radical (unpaired) electrons. The molecule has 0 aromatic rings. The number of aliphatic carboxylic acids is 3. The molecule has 0 atom stereocenters. The van der Waals surface area contributed by atoms with E-state index in [4.69, 9.17) is 15.3 Å². The molecule has 3 N–H and O–H groups in total. The Balaban J connectivity index is -0.000000636. The number of carbonyl (C=O) groups is 3. The maximum absolute atomic E-state index is 10.3. The Labute approximate surface area is 198 Å². The van der Waals surface area contributed by atoms with E-state index in [9.17, 15) is 14.4 Å². The third kappa shape index (κ3) is 38.4. The molecule has 0 saturated heterocycles. The van der Waals surface area contributed by atoms with Crippen molar-refractivity contribution >= 4 is 47.5 Å². The van der Waals surface area contributed by atoms with Gasteiger partial charge in [-0.05, 0) is 6.42 Å². The summed E-state index contributed by atoms with van der Waals surface area (Å²) in [5, 5.41) is 24.1. The van der Waals surface area contributed by atoms with Crippen LogP contribution in [0.25, 0.3) is 0 Å². The normalized spacial score (nSPS) is 10.1. The average molecular weight is 425 g/mol. The number of hydrogen-bond donors (Lipinski definition) is 3. The van der Waals surface area contributed by atoms with Crippen LogP contribution in [-0.4, -0.2) is 62.8 Å². The fourth-order valence-electron chi connectivity index (χ4n) is 2.79. The Morgan fingerprint density at radius 1 is 0.552 bits per heavy atom. The van der Waals surface area contributed by atoms with Crippen LogP contribution in [0.1, 0.15) is 110 Å². The Morgan fingerprint density at radius 2 is 0.828 bits per heavy atom. The molecule has 0 heterocycles. The van der Waals surface area contributed by atoms with Crippen LogP contribution < -0.4 is 0 Å². The van der Waals surface area contributed by atoms with Gasteiger partial charge in [-0.1, -0.05) is 96.8 Å². The minimum atomic E-state index is -1.26. The first-order valence-corrected chi connectivity index (χ1v) is 10.8. The van der Waals surface area contributed by atoms with Gasteiger partial charge in [0.1, 0.15) is 0 Å². The predicted molar refractivity (Wildman–Crippen MR) is 119 cm³/mol. The molecular weight excluding hydrogens is 383 g/mol. The molecule has 0 aliphatic heterocycles. The van der Waals surface area contributed by atoms with Crippen LogP contribution >= 0.6 is 0 Å². The van der Waals surface area contributed by atoms with Crippen molar-refractivity contribution in [3.05, 3.63) is 12.2 Å². The minimum absolute atomic E-state index is 0. The van der Waals surface area contributed by atoms with Gasteiger partial charge in [-0.2, -0.15) is 0 Å². The zero-order valence-corrected chi connectivity index (χ0v) is 17.5. The Bertz CT molecular complexity index is 408. The summed E-state index contributed by atoms with van der Waals surface area (Å²) in [6, 6.07) is 0. The number of rotatable bonds is 18. The van der Waals surface area contributed by atoms with Gasteiger partial charge in [0.2, 0.25) is 0 Å². The third-order valence-corrected chi connectivity index (χ3v) is 4.36. The number of unbranched alkanes of at least 4 members (excludes halogenated alkanes) is 14. The van der Waals surface area contributed by atoms with Crippen LogP contribution in [0.15, 0.2) is 12.2 Å². The summed E-state index contributed by atoms with van der Waals surface area (Å²) < 4.78 is 0. The van der Waals surface area contributed by atoms with Crippen molar-refractivity contribution in [2.75, 3.05) is 0 Å². The molecular formula is C22H41NaO6. The second-order valence-electron chi connectivity index (χ2n) is 7.10. The number of carboxylic acids is 3. The summed E-state index contributed by atoms with van der Waals surface area (Å²) in [7, 11) is 0. The monoisotopic (exact) mass is 424 g/mol. The summed E-state index contributed by atoms with van der Waals surface area (Å²) in [6.45, 7) is 2.27. The molecule has 6 nitrogen and oxygen atoms in total. The molecule has 0 saturated carbocycles. The van der Waals surface area contributed by atoms with Gasteiger partial charge in [0, 0.05) is 18.6 Å². The first kappa shape index (κ1) is 32.8. The van der Waals surface area contributed by atoms with Gasteiger partial charge >= 0.3 is 47.5 Å². The molecule has 29 heavy (non-hydrogen) atoms. The molecule has 166 valence electrons. The molecule has 0 aliphatic carbocycles. The van der Waals surface area contributed by atoms with E-state index in [0.717, 1.165) is 12.8 Å². The zero-order chi connectivity index (χ0) is 21.5. The van der Waals surface area contributed by atoms with E-state index in [1.54, 1.807) is 0 Å². The van der Waals surface area contributed by atoms with Crippen molar-refractivity contribution in [2.45, 2.75) is 110 Å². The van der Waals surface area contributed by atoms with Gasteiger partial charge in [0.05, 0.1) is 0 Å². The van der Waals surface area contributed by atoms with Gasteiger partial charge in [0.25, 0.3) is 0 Å². The van der Waals surface area contributed by atoms with Crippen molar-refractivity contribution in [2.24, 2.45) is 0 Å². The van der Waals surface area contributed by atoms with Crippen molar-refractivity contribution in [1.29, 1.82) is 0 Å². The molecule has 0 aromatic heterocycles. The Kier molecular flexibility index (Phi) is 30.7. The van der Waals surface area contributed by atoms with E-state index >= 15 is 0 Å². The van der Waals surface area contributed by atoms with E-state index in [2.05, 4.69) is 6.92 Å².